The molecule has 2 nitrogen and oxygen atoms in total. The molecule has 0 heterocycles. The molecule has 0 atom stereocenters. The molecule has 0 aromatic rings. The van der Waals surface area contributed by atoms with Crippen molar-refractivity contribution in [1.29, 1.82) is 0 Å². The lowest BCUT2D eigenvalue weighted by molar-refractivity contribution is -0.131. The summed E-state index contributed by atoms with van der Waals surface area (Å²) in [6.07, 6.45) is 11.8. The van der Waals surface area contributed by atoms with Gasteiger partial charge in [-0.3, -0.25) is 0 Å². The minimum absolute atomic E-state index is 0.858. The Kier molecular flexibility index (Phi) is 12.3. The van der Waals surface area contributed by atoms with Gasteiger partial charge in [0.05, 0.1) is 0 Å². The Bertz CT molecular complexity index is 190. The number of carbonyl (C=O) groups is 1. The number of rotatable bonds is 11. The van der Waals surface area contributed by atoms with Crippen molar-refractivity contribution in [3.8, 4) is 0 Å². The van der Waals surface area contributed by atoms with Crippen LogP contribution in [0.25, 0.3) is 0 Å². The van der Waals surface area contributed by atoms with Gasteiger partial charge in [-0.05, 0) is 17.6 Å². The van der Waals surface area contributed by atoms with E-state index >= 15 is 0 Å². The lowest BCUT2D eigenvalue weighted by atomic mass is 10.1. The highest BCUT2D eigenvalue weighted by Gasteiger charge is 1.91. The molecule has 0 aliphatic rings. The van der Waals surface area contributed by atoms with Crippen LogP contribution in [0.3, 0.4) is 0 Å². The summed E-state index contributed by atoms with van der Waals surface area (Å²) in [6.45, 7) is 2.24. The first-order chi connectivity index (χ1) is 7.77. The number of aliphatic carboxylic acids is 1. The Balaban J connectivity index is 3.01. The predicted molar refractivity (Wildman–Crippen MR) is 71.8 cm³/mol. The van der Waals surface area contributed by atoms with Crippen LogP contribution in [0.2, 0.25) is 0 Å². The van der Waals surface area contributed by atoms with Gasteiger partial charge in [0.1, 0.15) is 0 Å². The molecule has 0 aromatic heterocycles. The molecular weight excluding hydrogens is 220 g/mol. The van der Waals surface area contributed by atoms with E-state index in [2.05, 4.69) is 6.92 Å². The normalized spacial score (nSPS) is 11.1. The molecule has 0 rings (SSSR count). The van der Waals surface area contributed by atoms with E-state index in [1.54, 1.807) is 17.2 Å². The van der Waals surface area contributed by atoms with Gasteiger partial charge in [0.15, 0.2) is 0 Å². The molecule has 1 N–H and O–H groups in total. The van der Waals surface area contributed by atoms with Crippen molar-refractivity contribution in [3.63, 3.8) is 0 Å². The van der Waals surface area contributed by atoms with Crippen LogP contribution in [-0.4, -0.2) is 16.8 Å². The van der Waals surface area contributed by atoms with Gasteiger partial charge in [-0.1, -0.05) is 51.9 Å². The molecule has 0 radical (unpaired) electrons. The van der Waals surface area contributed by atoms with Crippen molar-refractivity contribution in [2.45, 2.75) is 58.3 Å². The Labute approximate surface area is 104 Å². The van der Waals surface area contributed by atoms with Crippen molar-refractivity contribution >= 4 is 17.7 Å². The third-order valence-corrected chi connectivity index (χ3v) is 3.28. The average Bonchev–Trinajstić information content (AvgIpc) is 2.25. The van der Waals surface area contributed by atoms with E-state index in [0.717, 1.165) is 5.75 Å². The molecule has 0 aliphatic heterocycles. The van der Waals surface area contributed by atoms with Crippen molar-refractivity contribution in [2.24, 2.45) is 0 Å². The summed E-state index contributed by atoms with van der Waals surface area (Å²) in [6, 6.07) is 0. The Hall–Kier alpha value is -0.440. The van der Waals surface area contributed by atoms with E-state index < -0.39 is 5.97 Å². The second-order valence-electron chi connectivity index (χ2n) is 3.99. The van der Waals surface area contributed by atoms with E-state index in [-0.39, 0.29) is 0 Å². The number of unbranched alkanes of at least 4 members (excludes halogenated alkanes) is 7. The fourth-order valence-electron chi connectivity index (χ4n) is 1.49. The lowest BCUT2D eigenvalue weighted by Crippen LogP contribution is -1.85. The molecule has 0 aromatic carbocycles. The largest absolute Gasteiger partial charge is 0.478 e. The maximum atomic E-state index is 10.2. The first-order valence-corrected chi connectivity index (χ1v) is 7.33. The van der Waals surface area contributed by atoms with Gasteiger partial charge in [0, 0.05) is 6.08 Å². The summed E-state index contributed by atoms with van der Waals surface area (Å²) in [5.41, 5.74) is 0. The van der Waals surface area contributed by atoms with E-state index in [4.69, 9.17) is 5.11 Å². The van der Waals surface area contributed by atoms with Crippen LogP contribution >= 0.6 is 11.8 Å². The topological polar surface area (TPSA) is 37.3 Å². The third-order valence-electron chi connectivity index (χ3n) is 2.42. The molecular formula is C13H24O2S. The zero-order chi connectivity index (χ0) is 12.1. The molecule has 16 heavy (non-hydrogen) atoms. The van der Waals surface area contributed by atoms with Crippen molar-refractivity contribution < 1.29 is 9.90 Å². The zero-order valence-electron chi connectivity index (χ0n) is 10.3. The minimum atomic E-state index is -0.858. The van der Waals surface area contributed by atoms with Crippen molar-refractivity contribution in [2.75, 3.05) is 5.75 Å². The molecule has 0 aliphatic carbocycles. The Morgan fingerprint density at radius 1 is 1.06 bits per heavy atom. The van der Waals surface area contributed by atoms with Crippen molar-refractivity contribution in [3.05, 3.63) is 11.5 Å². The molecule has 0 spiro atoms. The quantitative estimate of drug-likeness (QED) is 0.431. The highest BCUT2D eigenvalue weighted by molar-refractivity contribution is 8.02. The van der Waals surface area contributed by atoms with Gasteiger partial charge in [-0.2, -0.15) is 0 Å². The molecule has 3 heteroatoms. The van der Waals surface area contributed by atoms with Crippen LogP contribution < -0.4 is 0 Å². The van der Waals surface area contributed by atoms with E-state index in [0.29, 0.717) is 0 Å². The Morgan fingerprint density at radius 3 is 2.19 bits per heavy atom. The SMILES string of the molecule is CCCCCCCCCCS/C=C/C(=O)O. The molecule has 0 fully saturated rings. The van der Waals surface area contributed by atoms with Gasteiger partial charge < -0.3 is 5.11 Å². The average molecular weight is 244 g/mol. The van der Waals surface area contributed by atoms with Gasteiger partial charge in [0.25, 0.3) is 0 Å². The third kappa shape index (κ3) is 13.6. The second-order valence-corrected chi connectivity index (χ2v) is 5.00. The van der Waals surface area contributed by atoms with E-state index in [1.807, 2.05) is 0 Å². The lowest BCUT2D eigenvalue weighted by Gasteiger charge is -2.00. The van der Waals surface area contributed by atoms with E-state index in [9.17, 15) is 4.79 Å². The number of carboxylic acid groups (broad SMARTS) is 1. The second kappa shape index (κ2) is 12.6. The Morgan fingerprint density at radius 2 is 1.62 bits per heavy atom. The first kappa shape index (κ1) is 15.6. The maximum Gasteiger partial charge on any atom is 0.328 e. The van der Waals surface area contributed by atoms with Crippen LogP contribution in [0.4, 0.5) is 0 Å². The molecule has 0 saturated heterocycles. The number of carboxylic acids is 1. The first-order valence-electron chi connectivity index (χ1n) is 6.28. The summed E-state index contributed by atoms with van der Waals surface area (Å²) in [5, 5.41) is 10.0. The summed E-state index contributed by atoms with van der Waals surface area (Å²) in [4.78, 5) is 10.2. The summed E-state index contributed by atoms with van der Waals surface area (Å²) in [7, 11) is 0. The summed E-state index contributed by atoms with van der Waals surface area (Å²) >= 11 is 1.59. The van der Waals surface area contributed by atoms with Gasteiger partial charge in [-0.15, -0.1) is 11.8 Å². The van der Waals surface area contributed by atoms with Crippen LogP contribution in [0.15, 0.2) is 11.5 Å². The predicted octanol–water partition coefficient (Wildman–Crippen LogP) is 4.46. The monoisotopic (exact) mass is 244 g/mol. The minimum Gasteiger partial charge on any atom is -0.478 e. The maximum absolute atomic E-state index is 10.2. The summed E-state index contributed by atoms with van der Waals surface area (Å²) < 4.78 is 0. The zero-order valence-corrected chi connectivity index (χ0v) is 11.1. The fourth-order valence-corrected chi connectivity index (χ4v) is 2.21. The molecule has 94 valence electrons. The van der Waals surface area contributed by atoms with Gasteiger partial charge in [-0.25, -0.2) is 4.79 Å². The van der Waals surface area contributed by atoms with Crippen LogP contribution in [0, 0.1) is 0 Å². The van der Waals surface area contributed by atoms with Crippen molar-refractivity contribution in [1.82, 2.24) is 0 Å². The molecule has 0 unspecified atom stereocenters. The van der Waals surface area contributed by atoms with Crippen LogP contribution in [-0.2, 0) is 4.79 Å². The van der Waals surface area contributed by atoms with Crippen LogP contribution in [0.5, 0.6) is 0 Å². The smallest absolute Gasteiger partial charge is 0.328 e. The number of hydrogen-bond acceptors (Lipinski definition) is 2. The van der Waals surface area contributed by atoms with Gasteiger partial charge in [0.2, 0.25) is 0 Å². The standard InChI is InChI=1S/C13H24O2S/c1-2-3-4-5-6-7-8-9-11-16-12-10-13(14)15/h10,12H,2-9,11H2,1H3,(H,14,15)/b12-10+. The molecule has 0 bridgehead atoms. The highest BCUT2D eigenvalue weighted by atomic mass is 32.2. The highest BCUT2D eigenvalue weighted by Crippen LogP contribution is 2.11. The summed E-state index contributed by atoms with van der Waals surface area (Å²) in [5.74, 6) is 0.182. The number of hydrogen-bond donors (Lipinski definition) is 1. The molecule has 0 saturated carbocycles. The fraction of sp³-hybridized carbons (Fsp3) is 0.769. The van der Waals surface area contributed by atoms with Gasteiger partial charge >= 0.3 is 5.97 Å². The van der Waals surface area contributed by atoms with Crippen LogP contribution in [0.1, 0.15) is 58.3 Å². The van der Waals surface area contributed by atoms with E-state index in [1.165, 1.54) is 57.4 Å². The number of thioether (sulfide) groups is 1. The molecule has 0 amide bonds.